The first-order chi connectivity index (χ1) is 11.0. The molecule has 3 N–H and O–H groups in total. The van der Waals surface area contributed by atoms with Gasteiger partial charge in [0.15, 0.2) is 0 Å². The zero-order valence-corrected chi connectivity index (χ0v) is 13.3. The summed E-state index contributed by atoms with van der Waals surface area (Å²) in [5.41, 5.74) is 7.13. The fourth-order valence-electron chi connectivity index (χ4n) is 2.54. The number of nitrogens with one attached hydrogen (secondary N) is 2. The molecule has 0 aliphatic carbocycles. The van der Waals surface area contributed by atoms with Crippen LogP contribution in [0.3, 0.4) is 0 Å². The quantitative estimate of drug-likeness (QED) is 0.799. The van der Waals surface area contributed by atoms with Gasteiger partial charge in [-0.2, -0.15) is 0 Å². The molecule has 0 radical (unpaired) electrons. The predicted octanol–water partition coefficient (Wildman–Crippen LogP) is 3.62. The summed E-state index contributed by atoms with van der Waals surface area (Å²) in [6, 6.07) is 14.3. The molecule has 2 aromatic rings. The van der Waals surface area contributed by atoms with Crippen molar-refractivity contribution in [1.29, 1.82) is 0 Å². The second-order valence-corrected chi connectivity index (χ2v) is 5.68. The highest BCUT2D eigenvalue weighted by atomic mass is 35.5. The highest BCUT2D eigenvalue weighted by molar-refractivity contribution is 6.30. The van der Waals surface area contributed by atoms with Crippen molar-refractivity contribution in [3.8, 4) is 0 Å². The van der Waals surface area contributed by atoms with Crippen molar-refractivity contribution in [1.82, 2.24) is 10.3 Å². The van der Waals surface area contributed by atoms with E-state index in [0.29, 0.717) is 11.7 Å². The molecule has 0 unspecified atom stereocenters. The molecule has 1 aliphatic rings. The number of benzene rings is 2. The molecule has 1 aliphatic heterocycles. The Kier molecular flexibility index (Phi) is 4.12. The topological polar surface area (TPSA) is 64.6 Å². The second-order valence-electron chi connectivity index (χ2n) is 5.24. The van der Waals surface area contributed by atoms with Crippen LogP contribution in [0.4, 0.5) is 5.69 Å². The van der Waals surface area contributed by atoms with E-state index < -0.39 is 5.97 Å². The summed E-state index contributed by atoms with van der Waals surface area (Å²) in [6.45, 7) is 2.54. The molecule has 3 rings (SSSR count). The maximum Gasteiger partial charge on any atom is 0.335 e. The van der Waals surface area contributed by atoms with Gasteiger partial charge in [0.25, 0.3) is 0 Å². The first kappa shape index (κ1) is 15.2. The second kappa shape index (κ2) is 6.22. The summed E-state index contributed by atoms with van der Waals surface area (Å²) < 4.78 is 0. The monoisotopic (exact) mass is 329 g/mol. The van der Waals surface area contributed by atoms with E-state index in [4.69, 9.17) is 11.6 Å². The van der Waals surface area contributed by atoms with Crippen LogP contribution in [-0.2, 0) is 0 Å². The number of rotatable bonds is 4. The Hall–Kier alpha value is -2.66. The predicted molar refractivity (Wildman–Crippen MR) is 90.9 cm³/mol. The molecule has 0 fully saturated rings. The fourth-order valence-corrected chi connectivity index (χ4v) is 2.73. The molecule has 23 heavy (non-hydrogen) atoms. The average molecular weight is 330 g/mol. The lowest BCUT2D eigenvalue weighted by atomic mass is 10.1. The molecule has 118 valence electrons. The average Bonchev–Trinajstić information content (AvgIpc) is 2.88. The van der Waals surface area contributed by atoms with Gasteiger partial charge in [0, 0.05) is 16.3 Å². The Bertz CT molecular complexity index is 789. The normalized spacial score (nSPS) is 13.9. The molecule has 5 nitrogen and oxygen atoms in total. The summed E-state index contributed by atoms with van der Waals surface area (Å²) in [4.78, 5) is 11.2. The number of nitrogens with zero attached hydrogens (tertiary/aromatic N) is 1. The summed E-state index contributed by atoms with van der Waals surface area (Å²) in [6.07, 6.45) is 0. The number of anilines is 1. The molecule has 2 aromatic carbocycles. The fraction of sp³-hybridized carbons (Fsp3) is 0.118. The molecule has 0 aromatic heterocycles. The Labute approximate surface area is 139 Å². The van der Waals surface area contributed by atoms with Crippen LogP contribution < -0.4 is 10.7 Å². The zero-order valence-electron chi connectivity index (χ0n) is 12.5. The van der Waals surface area contributed by atoms with Crippen molar-refractivity contribution in [3.05, 3.63) is 70.4 Å². The first-order valence-electron chi connectivity index (χ1n) is 7.13. The molecule has 0 spiro atoms. The Morgan fingerprint density at radius 3 is 2.78 bits per heavy atom. The summed E-state index contributed by atoms with van der Waals surface area (Å²) in [5.74, 6) is -0.939. The lowest BCUT2D eigenvalue weighted by Crippen LogP contribution is -2.29. The third kappa shape index (κ3) is 3.24. The number of allylic oxidation sites excluding steroid dienone is 1. The van der Waals surface area contributed by atoms with E-state index in [1.54, 1.807) is 18.2 Å². The van der Waals surface area contributed by atoms with Crippen molar-refractivity contribution in [2.45, 2.75) is 6.92 Å². The van der Waals surface area contributed by atoms with Crippen LogP contribution in [0.1, 0.15) is 22.8 Å². The van der Waals surface area contributed by atoms with Crippen LogP contribution in [0.15, 0.2) is 54.2 Å². The number of carboxylic acids is 1. The molecule has 0 atom stereocenters. The van der Waals surface area contributed by atoms with Crippen molar-refractivity contribution >= 4 is 29.0 Å². The Morgan fingerprint density at radius 2 is 2.04 bits per heavy atom. The highest BCUT2D eigenvalue weighted by Crippen LogP contribution is 2.28. The summed E-state index contributed by atoms with van der Waals surface area (Å²) in [5, 5.41) is 15.0. The van der Waals surface area contributed by atoms with E-state index in [1.807, 2.05) is 42.3 Å². The molecule has 0 saturated carbocycles. The van der Waals surface area contributed by atoms with Gasteiger partial charge in [-0.15, -0.1) is 0 Å². The van der Waals surface area contributed by atoms with Crippen molar-refractivity contribution < 1.29 is 9.90 Å². The summed E-state index contributed by atoms with van der Waals surface area (Å²) >= 11 is 6.02. The van der Waals surface area contributed by atoms with Gasteiger partial charge >= 0.3 is 5.97 Å². The van der Waals surface area contributed by atoms with Gasteiger partial charge in [-0.1, -0.05) is 29.8 Å². The molecular formula is C17H16ClN3O2. The Balaban J connectivity index is 1.91. The van der Waals surface area contributed by atoms with E-state index in [2.05, 4.69) is 10.7 Å². The lowest BCUT2D eigenvalue weighted by Gasteiger charge is -2.24. The Morgan fingerprint density at radius 1 is 1.26 bits per heavy atom. The van der Waals surface area contributed by atoms with Crippen LogP contribution in [0, 0.1) is 0 Å². The summed E-state index contributed by atoms with van der Waals surface area (Å²) in [7, 11) is 0. The third-order valence-electron chi connectivity index (χ3n) is 3.60. The van der Waals surface area contributed by atoms with E-state index in [-0.39, 0.29) is 5.56 Å². The maximum atomic E-state index is 11.2. The van der Waals surface area contributed by atoms with Gasteiger partial charge in [0.1, 0.15) is 6.67 Å². The SMILES string of the molecule is CC1=C(c2cccc(C(=O)O)c2)N(Nc2cccc(Cl)c2)CN1. The largest absolute Gasteiger partial charge is 0.478 e. The third-order valence-corrected chi connectivity index (χ3v) is 3.83. The molecule has 1 heterocycles. The van der Waals surface area contributed by atoms with E-state index in [1.165, 1.54) is 0 Å². The molecule has 0 bridgehead atoms. The van der Waals surface area contributed by atoms with Gasteiger partial charge in [-0.05, 0) is 37.3 Å². The molecule has 6 heteroatoms. The van der Waals surface area contributed by atoms with Crippen molar-refractivity contribution in [2.75, 3.05) is 12.1 Å². The van der Waals surface area contributed by atoms with Gasteiger partial charge in [-0.25, -0.2) is 4.79 Å². The number of halogens is 1. The number of aromatic carboxylic acids is 1. The van der Waals surface area contributed by atoms with Gasteiger partial charge in [0.2, 0.25) is 0 Å². The van der Waals surface area contributed by atoms with E-state index >= 15 is 0 Å². The van der Waals surface area contributed by atoms with Crippen LogP contribution in [0.5, 0.6) is 0 Å². The number of hydrogen-bond donors (Lipinski definition) is 3. The number of carboxylic acid groups (broad SMARTS) is 1. The standard InChI is InChI=1S/C17H16ClN3O2/c1-11-16(12-4-2-5-13(8-12)17(22)23)21(10-19-11)20-15-7-3-6-14(18)9-15/h2-9,19-20H,10H2,1H3,(H,22,23). The minimum absolute atomic E-state index is 0.261. The van der Waals surface area contributed by atoms with Crippen LogP contribution >= 0.6 is 11.6 Å². The van der Waals surface area contributed by atoms with Gasteiger partial charge in [-0.3, -0.25) is 10.4 Å². The molecular weight excluding hydrogens is 314 g/mol. The minimum atomic E-state index is -0.939. The molecule has 0 saturated heterocycles. The number of carbonyl (C=O) groups is 1. The highest BCUT2D eigenvalue weighted by Gasteiger charge is 2.22. The number of hydrazine groups is 1. The lowest BCUT2D eigenvalue weighted by molar-refractivity contribution is 0.0697. The maximum absolute atomic E-state index is 11.2. The minimum Gasteiger partial charge on any atom is -0.478 e. The smallest absolute Gasteiger partial charge is 0.335 e. The van der Waals surface area contributed by atoms with Crippen LogP contribution in [-0.4, -0.2) is 22.8 Å². The number of hydrogen-bond acceptors (Lipinski definition) is 4. The molecule has 0 amide bonds. The van der Waals surface area contributed by atoms with E-state index in [9.17, 15) is 9.90 Å². The first-order valence-corrected chi connectivity index (χ1v) is 7.50. The van der Waals surface area contributed by atoms with Gasteiger partial charge < -0.3 is 10.4 Å². The van der Waals surface area contributed by atoms with Crippen LogP contribution in [0.25, 0.3) is 5.70 Å². The van der Waals surface area contributed by atoms with Gasteiger partial charge in [0.05, 0.1) is 16.9 Å². The van der Waals surface area contributed by atoms with Crippen molar-refractivity contribution in [2.24, 2.45) is 0 Å². The van der Waals surface area contributed by atoms with Crippen LogP contribution in [0.2, 0.25) is 5.02 Å². The zero-order chi connectivity index (χ0) is 16.4. The van der Waals surface area contributed by atoms with E-state index in [0.717, 1.165) is 22.6 Å². The van der Waals surface area contributed by atoms with Crippen molar-refractivity contribution in [3.63, 3.8) is 0 Å².